The first-order chi connectivity index (χ1) is 16.2. The highest BCUT2D eigenvalue weighted by atomic mass is 28.9. The van der Waals surface area contributed by atoms with Crippen LogP contribution in [0.3, 0.4) is 0 Å². The van der Waals surface area contributed by atoms with Crippen molar-refractivity contribution in [2.45, 2.75) is 55.4 Å². The van der Waals surface area contributed by atoms with Crippen LogP contribution in [0.2, 0.25) is 0 Å². The third-order valence-electron chi connectivity index (χ3n) is 7.75. The molecule has 0 unspecified atom stereocenters. The average molecular weight is 477 g/mol. The molecule has 0 aliphatic carbocycles. The highest BCUT2D eigenvalue weighted by Gasteiger charge is 2.24. The second kappa shape index (κ2) is 9.89. The summed E-state index contributed by atoms with van der Waals surface area (Å²) in [6.07, 6.45) is 0. The first-order valence-corrected chi connectivity index (χ1v) is 16.2. The maximum Gasteiger partial charge on any atom is 0.0694 e. The van der Waals surface area contributed by atoms with Crippen molar-refractivity contribution in [3.8, 4) is 0 Å². The lowest BCUT2D eigenvalue weighted by Crippen LogP contribution is -2.54. The van der Waals surface area contributed by atoms with E-state index in [0.29, 0.717) is 0 Å². The van der Waals surface area contributed by atoms with E-state index in [1.165, 1.54) is 44.5 Å². The third-order valence-corrected chi connectivity index (χ3v) is 17.3. The Kier molecular flexibility index (Phi) is 7.11. The van der Waals surface area contributed by atoms with Crippen molar-refractivity contribution in [2.24, 2.45) is 0 Å². The van der Waals surface area contributed by atoms with Crippen LogP contribution in [-0.4, -0.2) is 15.8 Å². The van der Waals surface area contributed by atoms with E-state index in [-0.39, 0.29) is 0 Å². The van der Waals surface area contributed by atoms with Gasteiger partial charge in [-0.05, 0) is 121 Å². The van der Waals surface area contributed by atoms with Gasteiger partial charge in [-0.15, -0.1) is 0 Å². The molecular formula is C32H36Si2. The summed E-state index contributed by atoms with van der Waals surface area (Å²) in [5.74, 6) is 0. The quantitative estimate of drug-likeness (QED) is 0.357. The van der Waals surface area contributed by atoms with Gasteiger partial charge >= 0.3 is 0 Å². The predicted octanol–water partition coefficient (Wildman–Crippen LogP) is 5.15. The Morgan fingerprint density at radius 1 is 0.324 bits per heavy atom. The molecule has 0 heterocycles. The van der Waals surface area contributed by atoms with Crippen molar-refractivity contribution in [1.82, 2.24) is 0 Å². The summed E-state index contributed by atoms with van der Waals surface area (Å²) in [5, 5.41) is 6.31. The molecule has 34 heavy (non-hydrogen) atoms. The SMILES string of the molecule is Cc1cccc([Si](c2cccc(C)c2C)=[Si](c2cccc(C)c2C)c2cccc(C)c2C)c1C. The number of rotatable bonds is 4. The minimum Gasteiger partial charge on any atom is -0.0618 e. The van der Waals surface area contributed by atoms with Crippen LogP contribution in [-0.2, 0) is 0 Å². The zero-order chi connectivity index (χ0) is 24.6. The minimum atomic E-state index is -1.12. The zero-order valence-corrected chi connectivity index (χ0v) is 23.9. The molecule has 0 nitrogen and oxygen atoms in total. The molecule has 0 saturated carbocycles. The molecule has 0 aliphatic heterocycles. The van der Waals surface area contributed by atoms with E-state index in [1.807, 2.05) is 0 Å². The Hall–Kier alpha value is -2.69. The van der Waals surface area contributed by atoms with E-state index in [9.17, 15) is 0 Å². The number of hydrogen-bond acceptors (Lipinski definition) is 0. The summed E-state index contributed by atoms with van der Waals surface area (Å²) in [5.41, 5.74) is 11.5. The summed E-state index contributed by atoms with van der Waals surface area (Å²) >= 11 is 0. The number of benzene rings is 4. The van der Waals surface area contributed by atoms with E-state index in [2.05, 4.69) is 128 Å². The van der Waals surface area contributed by atoms with Gasteiger partial charge in [0.1, 0.15) is 0 Å². The summed E-state index contributed by atoms with van der Waals surface area (Å²) < 4.78 is 0. The van der Waals surface area contributed by atoms with Crippen molar-refractivity contribution in [3.05, 3.63) is 117 Å². The van der Waals surface area contributed by atoms with Crippen LogP contribution >= 0.6 is 0 Å². The lowest BCUT2D eigenvalue weighted by molar-refractivity contribution is 1.35. The molecule has 4 rings (SSSR count). The van der Waals surface area contributed by atoms with Crippen molar-refractivity contribution < 1.29 is 0 Å². The maximum absolute atomic E-state index is 2.43. The lowest BCUT2D eigenvalue weighted by atomic mass is 10.1. The third kappa shape index (κ3) is 4.37. The van der Waals surface area contributed by atoms with E-state index in [1.54, 1.807) is 20.7 Å². The van der Waals surface area contributed by atoms with Crippen LogP contribution in [0, 0.1) is 55.4 Å². The van der Waals surface area contributed by atoms with E-state index >= 15 is 0 Å². The molecule has 4 aromatic rings. The van der Waals surface area contributed by atoms with Crippen LogP contribution < -0.4 is 20.7 Å². The van der Waals surface area contributed by atoms with Gasteiger partial charge in [0.15, 0.2) is 0 Å². The normalized spacial score (nSPS) is 10.9. The maximum atomic E-state index is 2.43. The van der Waals surface area contributed by atoms with Gasteiger partial charge in [-0.25, -0.2) is 0 Å². The fourth-order valence-electron chi connectivity index (χ4n) is 4.92. The molecule has 0 bridgehead atoms. The molecule has 0 spiro atoms. The minimum absolute atomic E-state index is 1.12. The van der Waals surface area contributed by atoms with E-state index in [0.717, 1.165) is 0 Å². The smallest absolute Gasteiger partial charge is 0.0618 e. The topological polar surface area (TPSA) is 0 Å². The van der Waals surface area contributed by atoms with Crippen molar-refractivity contribution in [1.29, 1.82) is 0 Å². The summed E-state index contributed by atoms with van der Waals surface area (Å²) in [7, 11) is -2.25. The fraction of sp³-hybridized carbons (Fsp3) is 0.250. The van der Waals surface area contributed by atoms with Gasteiger partial charge in [-0.2, -0.15) is 0 Å². The van der Waals surface area contributed by atoms with Gasteiger partial charge in [0.2, 0.25) is 0 Å². The van der Waals surface area contributed by atoms with Crippen molar-refractivity contribution in [3.63, 3.8) is 0 Å². The Morgan fingerprint density at radius 3 is 0.735 bits per heavy atom. The van der Waals surface area contributed by atoms with Crippen LogP contribution in [0.5, 0.6) is 0 Å². The van der Waals surface area contributed by atoms with Crippen molar-refractivity contribution >= 4 is 36.5 Å². The summed E-state index contributed by atoms with van der Waals surface area (Å²) in [4.78, 5) is 0. The fourth-order valence-corrected chi connectivity index (χ4v) is 16.4. The standard InChI is InChI=1S/C32H36Si2/c1-21-13-9-17-29(25(21)5)33(30-18-10-14-22(2)26(30)6)34(31-19-11-15-23(3)27(31)7)32-20-12-16-24(4)28(32)8/h9-20H,1-8H3. The molecule has 4 aromatic carbocycles. The monoisotopic (exact) mass is 476 g/mol. The molecule has 0 amide bonds. The molecule has 0 saturated heterocycles. The molecule has 0 fully saturated rings. The molecular weight excluding hydrogens is 441 g/mol. The van der Waals surface area contributed by atoms with Gasteiger partial charge < -0.3 is 0 Å². The van der Waals surface area contributed by atoms with Crippen LogP contribution in [0.4, 0.5) is 0 Å². The lowest BCUT2D eigenvalue weighted by Gasteiger charge is -2.24. The Balaban J connectivity index is 2.30. The van der Waals surface area contributed by atoms with Gasteiger partial charge in [0, 0.05) is 0 Å². The first kappa shape index (κ1) is 24.4. The van der Waals surface area contributed by atoms with Gasteiger partial charge in [-0.1, -0.05) is 72.8 Å². The molecule has 0 atom stereocenters. The summed E-state index contributed by atoms with van der Waals surface area (Å²) in [6, 6.07) is 27.9. The molecule has 0 aliphatic rings. The highest BCUT2D eigenvalue weighted by Crippen LogP contribution is 2.11. The van der Waals surface area contributed by atoms with Crippen molar-refractivity contribution in [2.75, 3.05) is 0 Å². The Labute approximate surface area is 208 Å². The van der Waals surface area contributed by atoms with Crippen LogP contribution in [0.1, 0.15) is 44.5 Å². The summed E-state index contributed by atoms with van der Waals surface area (Å²) in [6.45, 7) is 18.4. The van der Waals surface area contributed by atoms with Crippen LogP contribution in [0.25, 0.3) is 0 Å². The number of aryl methyl sites for hydroxylation is 4. The predicted molar refractivity (Wildman–Crippen MR) is 154 cm³/mol. The Morgan fingerprint density at radius 2 is 0.529 bits per heavy atom. The highest BCUT2D eigenvalue weighted by molar-refractivity contribution is 7.19. The largest absolute Gasteiger partial charge is 0.0694 e. The van der Waals surface area contributed by atoms with E-state index in [4.69, 9.17) is 0 Å². The zero-order valence-electron chi connectivity index (χ0n) is 21.9. The van der Waals surface area contributed by atoms with Crippen LogP contribution in [0.15, 0.2) is 72.8 Å². The molecule has 2 heteroatoms. The molecule has 172 valence electrons. The molecule has 0 radical (unpaired) electrons. The number of hydrogen-bond donors (Lipinski definition) is 0. The van der Waals surface area contributed by atoms with Gasteiger partial charge in [0.25, 0.3) is 0 Å². The first-order valence-electron chi connectivity index (χ1n) is 12.2. The molecule has 0 aromatic heterocycles. The second-order valence-corrected chi connectivity index (χ2v) is 16.4. The van der Waals surface area contributed by atoms with E-state index < -0.39 is 15.8 Å². The van der Waals surface area contributed by atoms with Gasteiger partial charge in [-0.3, -0.25) is 0 Å². The van der Waals surface area contributed by atoms with Gasteiger partial charge in [0.05, 0.1) is 15.8 Å². The Bertz CT molecular complexity index is 1210. The molecule has 0 N–H and O–H groups in total. The second-order valence-electron chi connectivity index (χ2n) is 9.74. The average Bonchev–Trinajstić information content (AvgIpc) is 2.81.